The number of hydrogen-bond donors (Lipinski definition) is 2. The zero-order chi connectivity index (χ0) is 16.2. The molecule has 1 aliphatic carbocycles. The zero-order valence-electron chi connectivity index (χ0n) is 13.9. The molecule has 4 rings (SSSR count). The van der Waals surface area contributed by atoms with E-state index in [-0.39, 0.29) is 11.7 Å². The van der Waals surface area contributed by atoms with Crippen molar-refractivity contribution in [1.82, 2.24) is 10.6 Å². The number of carbonyl (C=O) groups excluding carboxylic acids is 2. The van der Waals surface area contributed by atoms with Crippen molar-refractivity contribution in [1.29, 1.82) is 0 Å². The van der Waals surface area contributed by atoms with E-state index in [0.29, 0.717) is 18.8 Å². The van der Waals surface area contributed by atoms with Crippen LogP contribution in [0.25, 0.3) is 0 Å². The van der Waals surface area contributed by atoms with E-state index in [2.05, 4.69) is 29.7 Å². The number of hydrogen-bond acceptors (Lipinski definition) is 3. The third-order valence-electron chi connectivity index (χ3n) is 5.80. The molecule has 0 aromatic heterocycles. The van der Waals surface area contributed by atoms with Gasteiger partial charge in [0, 0.05) is 0 Å². The molecule has 2 N–H and O–H groups in total. The van der Waals surface area contributed by atoms with E-state index in [4.69, 9.17) is 0 Å². The van der Waals surface area contributed by atoms with Gasteiger partial charge in [0.1, 0.15) is 11.5 Å². The summed E-state index contributed by atoms with van der Waals surface area (Å²) < 4.78 is 0. The minimum Gasteiger partial charge on any atom is -0.343 e. The van der Waals surface area contributed by atoms with E-state index in [1.807, 2.05) is 6.92 Å². The van der Waals surface area contributed by atoms with Gasteiger partial charge >= 0.3 is 0 Å². The largest absolute Gasteiger partial charge is 0.343 e. The minimum absolute atomic E-state index is 0.0812. The number of nitrogens with one attached hydrogen (secondary N) is 2. The molecule has 4 heteroatoms. The molecule has 3 aliphatic rings. The first-order valence-electron chi connectivity index (χ1n) is 8.70. The van der Waals surface area contributed by atoms with Crippen molar-refractivity contribution in [3.8, 4) is 0 Å². The molecule has 1 aromatic rings. The molecule has 2 saturated heterocycles. The van der Waals surface area contributed by atoms with Crippen molar-refractivity contribution >= 4 is 11.7 Å². The summed E-state index contributed by atoms with van der Waals surface area (Å²) in [5, 5.41) is 6.32. The highest BCUT2D eigenvalue weighted by molar-refractivity contribution is 6.17. The van der Waals surface area contributed by atoms with Crippen molar-refractivity contribution < 1.29 is 9.59 Å². The van der Waals surface area contributed by atoms with E-state index in [9.17, 15) is 9.59 Å². The van der Waals surface area contributed by atoms with E-state index in [1.54, 1.807) is 0 Å². The lowest BCUT2D eigenvalue weighted by Gasteiger charge is -2.32. The smallest absolute Gasteiger partial charge is 0.235 e. The van der Waals surface area contributed by atoms with Crippen molar-refractivity contribution in [3.05, 3.63) is 34.4 Å². The SMILES string of the molecule is Cc1cc(C)c(C2C(=O)NC3(CCNCC3)C2=O)cc1C1CC1. The second-order valence-electron chi connectivity index (χ2n) is 7.46. The summed E-state index contributed by atoms with van der Waals surface area (Å²) in [7, 11) is 0. The molecule has 1 amide bonds. The van der Waals surface area contributed by atoms with Gasteiger partial charge in [-0.15, -0.1) is 0 Å². The Bertz CT molecular complexity index is 685. The summed E-state index contributed by atoms with van der Waals surface area (Å²) >= 11 is 0. The molecular weight excluding hydrogens is 288 g/mol. The van der Waals surface area contributed by atoms with Crippen molar-refractivity contribution in [2.24, 2.45) is 0 Å². The molecule has 3 fully saturated rings. The maximum absolute atomic E-state index is 13.1. The van der Waals surface area contributed by atoms with Crippen LogP contribution in [0.3, 0.4) is 0 Å². The Hall–Kier alpha value is -1.68. The Morgan fingerprint density at radius 2 is 1.65 bits per heavy atom. The van der Waals surface area contributed by atoms with E-state index < -0.39 is 11.5 Å². The van der Waals surface area contributed by atoms with E-state index in [1.165, 1.54) is 24.0 Å². The summed E-state index contributed by atoms with van der Waals surface area (Å²) in [6, 6.07) is 4.29. The summed E-state index contributed by atoms with van der Waals surface area (Å²) in [6.07, 6.45) is 3.86. The third kappa shape index (κ3) is 2.31. The number of amides is 1. The first kappa shape index (κ1) is 14.9. The highest BCUT2D eigenvalue weighted by Crippen LogP contribution is 2.44. The van der Waals surface area contributed by atoms with Crippen LogP contribution in [0.2, 0.25) is 0 Å². The molecule has 1 unspecified atom stereocenters. The summed E-state index contributed by atoms with van der Waals surface area (Å²) in [5.41, 5.74) is 3.97. The number of rotatable bonds is 2. The normalized spacial score (nSPS) is 26.6. The highest BCUT2D eigenvalue weighted by Gasteiger charge is 2.53. The van der Waals surface area contributed by atoms with Crippen LogP contribution in [0.15, 0.2) is 12.1 Å². The number of aryl methyl sites for hydroxylation is 2. The van der Waals surface area contributed by atoms with Crippen LogP contribution >= 0.6 is 0 Å². The molecule has 1 saturated carbocycles. The van der Waals surface area contributed by atoms with Crippen LogP contribution in [0.1, 0.15) is 59.8 Å². The Morgan fingerprint density at radius 3 is 2.30 bits per heavy atom. The molecule has 1 spiro atoms. The predicted molar refractivity (Wildman–Crippen MR) is 88.6 cm³/mol. The lowest BCUT2D eigenvalue weighted by atomic mass is 9.79. The second kappa shape index (κ2) is 5.17. The molecule has 1 atom stereocenters. The average Bonchev–Trinajstić information content (AvgIpc) is 3.31. The van der Waals surface area contributed by atoms with Gasteiger partial charge in [-0.25, -0.2) is 0 Å². The van der Waals surface area contributed by atoms with Gasteiger partial charge in [0.05, 0.1) is 0 Å². The lowest BCUT2D eigenvalue weighted by molar-refractivity contribution is -0.125. The first-order valence-corrected chi connectivity index (χ1v) is 8.70. The Kier molecular flexibility index (Phi) is 3.34. The number of carbonyl (C=O) groups is 2. The standard InChI is InChI=1S/C19H24N2O2/c1-11-9-12(2)15(10-14(11)13-3-4-13)16-17(22)19(21-18(16)23)5-7-20-8-6-19/h9-10,13,16,20H,3-8H2,1-2H3,(H,21,23). The van der Waals surface area contributed by atoms with Crippen LogP contribution in [0.4, 0.5) is 0 Å². The summed E-state index contributed by atoms with van der Waals surface area (Å²) in [6.45, 7) is 5.74. The van der Waals surface area contributed by atoms with Gasteiger partial charge in [-0.1, -0.05) is 12.1 Å². The van der Waals surface area contributed by atoms with E-state index in [0.717, 1.165) is 24.2 Å². The van der Waals surface area contributed by atoms with Crippen LogP contribution in [-0.2, 0) is 9.59 Å². The third-order valence-corrected chi connectivity index (χ3v) is 5.80. The Morgan fingerprint density at radius 1 is 1.00 bits per heavy atom. The van der Waals surface area contributed by atoms with Gasteiger partial charge in [0.2, 0.25) is 5.91 Å². The van der Waals surface area contributed by atoms with Gasteiger partial charge in [0.25, 0.3) is 0 Å². The van der Waals surface area contributed by atoms with Crippen LogP contribution < -0.4 is 10.6 Å². The first-order chi connectivity index (χ1) is 11.0. The van der Waals surface area contributed by atoms with Crippen molar-refractivity contribution in [2.75, 3.05) is 13.1 Å². The molecule has 2 heterocycles. The van der Waals surface area contributed by atoms with Crippen molar-refractivity contribution in [3.63, 3.8) is 0 Å². The van der Waals surface area contributed by atoms with E-state index >= 15 is 0 Å². The molecule has 122 valence electrons. The molecular formula is C19H24N2O2. The Balaban J connectivity index is 1.74. The average molecular weight is 312 g/mol. The van der Waals surface area contributed by atoms with Gasteiger partial charge < -0.3 is 10.6 Å². The molecule has 1 aromatic carbocycles. The maximum Gasteiger partial charge on any atom is 0.235 e. The van der Waals surface area contributed by atoms with Gasteiger partial charge in [-0.3, -0.25) is 9.59 Å². The van der Waals surface area contributed by atoms with Crippen molar-refractivity contribution in [2.45, 2.75) is 56.9 Å². The lowest BCUT2D eigenvalue weighted by Crippen LogP contribution is -2.53. The number of piperidine rings is 1. The van der Waals surface area contributed by atoms with Crippen LogP contribution in [0, 0.1) is 13.8 Å². The zero-order valence-corrected chi connectivity index (χ0v) is 13.9. The summed E-state index contributed by atoms with van der Waals surface area (Å²) in [4.78, 5) is 25.8. The summed E-state index contributed by atoms with van der Waals surface area (Å²) in [5.74, 6) is -0.0174. The fourth-order valence-electron chi connectivity index (χ4n) is 4.30. The molecule has 23 heavy (non-hydrogen) atoms. The monoisotopic (exact) mass is 312 g/mol. The quantitative estimate of drug-likeness (QED) is 0.822. The van der Waals surface area contributed by atoms with Gasteiger partial charge in [0.15, 0.2) is 5.78 Å². The highest BCUT2D eigenvalue weighted by atomic mass is 16.2. The van der Waals surface area contributed by atoms with Gasteiger partial charge in [-0.2, -0.15) is 0 Å². The van der Waals surface area contributed by atoms with Crippen LogP contribution in [-0.4, -0.2) is 30.3 Å². The maximum atomic E-state index is 13.1. The fraction of sp³-hybridized carbons (Fsp3) is 0.579. The topological polar surface area (TPSA) is 58.2 Å². The van der Waals surface area contributed by atoms with Gasteiger partial charge in [-0.05, 0) is 80.8 Å². The number of ketones is 1. The molecule has 0 bridgehead atoms. The number of Topliss-reactive ketones (excluding diaryl/α,β-unsaturated/α-hetero) is 1. The molecule has 4 nitrogen and oxygen atoms in total. The fourth-order valence-corrected chi connectivity index (χ4v) is 4.30. The molecule has 2 aliphatic heterocycles. The minimum atomic E-state index is -0.635. The number of benzene rings is 1. The second-order valence-corrected chi connectivity index (χ2v) is 7.46. The van der Waals surface area contributed by atoms with Crippen LogP contribution in [0.5, 0.6) is 0 Å². The predicted octanol–water partition coefficient (Wildman–Crippen LogP) is 2.09. The molecule has 0 radical (unpaired) electrons. The Labute approximate surface area is 137 Å².